The Morgan fingerprint density at radius 3 is 2.72 bits per heavy atom. The van der Waals surface area contributed by atoms with E-state index in [4.69, 9.17) is 5.73 Å². The highest BCUT2D eigenvalue weighted by atomic mass is 19.1. The van der Waals surface area contributed by atoms with Crippen LogP contribution >= 0.6 is 0 Å². The van der Waals surface area contributed by atoms with E-state index < -0.39 is 0 Å². The molecule has 1 saturated carbocycles. The molecule has 1 unspecified atom stereocenters. The number of aromatic nitrogens is 5. The maximum atomic E-state index is 15.4. The van der Waals surface area contributed by atoms with Crippen LogP contribution in [0.2, 0.25) is 0 Å². The number of hydrogen-bond acceptors (Lipinski definition) is 6. The van der Waals surface area contributed by atoms with E-state index in [9.17, 15) is 4.79 Å². The molecule has 3 N–H and O–H groups in total. The number of H-pyrrole nitrogens is 1. The average Bonchev–Trinajstić information content (AvgIpc) is 3.16. The van der Waals surface area contributed by atoms with Gasteiger partial charge in [0.25, 0.3) is 5.56 Å². The fourth-order valence-electron chi connectivity index (χ4n) is 4.62. The van der Waals surface area contributed by atoms with Gasteiger partial charge in [-0.15, -0.1) is 10.2 Å². The topological polar surface area (TPSA) is 106 Å². The first-order valence-electron chi connectivity index (χ1n) is 10.1. The maximum absolute atomic E-state index is 15.4. The second-order valence-corrected chi connectivity index (χ2v) is 8.31. The minimum atomic E-state index is -0.300. The van der Waals surface area contributed by atoms with Gasteiger partial charge in [-0.3, -0.25) is 4.79 Å². The van der Waals surface area contributed by atoms with Crippen LogP contribution < -0.4 is 16.2 Å². The minimum Gasteiger partial charge on any atom is -0.369 e. The van der Waals surface area contributed by atoms with Crippen LogP contribution in [-0.2, 0) is 0 Å². The van der Waals surface area contributed by atoms with Gasteiger partial charge in [0.2, 0.25) is 5.82 Å². The van der Waals surface area contributed by atoms with Crippen molar-refractivity contribution in [3.8, 4) is 11.4 Å². The number of nitrogens with zero attached hydrogens (tertiary/aromatic N) is 5. The van der Waals surface area contributed by atoms with Gasteiger partial charge in [-0.25, -0.2) is 4.39 Å². The number of aryl methyl sites for hydroxylation is 1. The largest absolute Gasteiger partial charge is 0.369 e. The zero-order chi connectivity index (χ0) is 20.3. The Kier molecular flexibility index (Phi) is 4.16. The number of tetrazole rings is 1. The molecule has 5 rings (SSSR count). The number of pyridine rings is 1. The summed E-state index contributed by atoms with van der Waals surface area (Å²) in [6.45, 7) is 5.38. The number of benzene rings is 1. The van der Waals surface area contributed by atoms with Crippen molar-refractivity contribution in [1.29, 1.82) is 0 Å². The third kappa shape index (κ3) is 2.91. The molecule has 1 aliphatic heterocycles. The van der Waals surface area contributed by atoms with Crippen molar-refractivity contribution in [1.82, 2.24) is 25.2 Å². The van der Waals surface area contributed by atoms with Crippen molar-refractivity contribution in [2.75, 3.05) is 18.0 Å². The summed E-state index contributed by atoms with van der Waals surface area (Å²) in [5.74, 6) is 0.326. The molecule has 9 heteroatoms. The van der Waals surface area contributed by atoms with Crippen LogP contribution in [0.4, 0.5) is 10.1 Å². The summed E-state index contributed by atoms with van der Waals surface area (Å²) in [7, 11) is 0. The van der Waals surface area contributed by atoms with Gasteiger partial charge in [0.05, 0.1) is 11.2 Å². The molecule has 0 radical (unpaired) electrons. The molecule has 2 atom stereocenters. The lowest BCUT2D eigenvalue weighted by Gasteiger charge is -2.25. The highest BCUT2D eigenvalue weighted by Crippen LogP contribution is 2.42. The first-order valence-corrected chi connectivity index (χ1v) is 10.1. The Balaban J connectivity index is 1.76. The summed E-state index contributed by atoms with van der Waals surface area (Å²) in [4.78, 5) is 15.1. The Morgan fingerprint density at radius 1 is 1.31 bits per heavy atom. The quantitative estimate of drug-likeness (QED) is 0.699. The number of nitrogens with two attached hydrogens (primary N) is 1. The molecule has 3 aromatic rings. The third-order valence-corrected chi connectivity index (χ3v) is 6.28. The predicted octanol–water partition coefficient (Wildman–Crippen LogP) is 2.14. The molecule has 1 saturated heterocycles. The van der Waals surface area contributed by atoms with E-state index in [2.05, 4.69) is 25.5 Å². The Bertz CT molecular complexity index is 1130. The lowest BCUT2D eigenvalue weighted by Crippen LogP contribution is -2.30. The first kappa shape index (κ1) is 18.2. The third-order valence-electron chi connectivity index (χ3n) is 6.28. The lowest BCUT2D eigenvalue weighted by atomic mass is 10.0. The molecule has 0 bridgehead atoms. The standard InChI is InChI=1S/C20H24FN7O/c1-10-18-14(7-16(21)19(10)27-6-5-12(9-27)11(2)22)15(20-23-25-26-24-20)8-17(29)28(18)13-3-4-13/h7-8,11-13H,3-6,9,22H2,1-2H3,(H,23,24,25,26)/t11-,12?/m0/s1. The van der Waals surface area contributed by atoms with Gasteiger partial charge >= 0.3 is 0 Å². The molecule has 2 aliphatic rings. The molecule has 1 aromatic carbocycles. The van der Waals surface area contributed by atoms with Crippen LogP contribution in [0.1, 0.15) is 37.8 Å². The van der Waals surface area contributed by atoms with Crippen LogP contribution in [0.15, 0.2) is 16.9 Å². The van der Waals surface area contributed by atoms with Crippen molar-refractivity contribution >= 4 is 16.6 Å². The fraction of sp³-hybridized carbons (Fsp3) is 0.500. The normalized spacial score (nSPS) is 20.6. The van der Waals surface area contributed by atoms with E-state index in [1.807, 2.05) is 18.4 Å². The second kappa shape index (κ2) is 6.62. The summed E-state index contributed by atoms with van der Waals surface area (Å²) >= 11 is 0. The van der Waals surface area contributed by atoms with Gasteiger partial charge in [0.15, 0.2) is 0 Å². The molecule has 0 amide bonds. The molecule has 2 aromatic heterocycles. The maximum Gasteiger partial charge on any atom is 0.252 e. The van der Waals surface area contributed by atoms with Crippen LogP contribution in [0.25, 0.3) is 22.3 Å². The van der Waals surface area contributed by atoms with Crippen molar-refractivity contribution < 1.29 is 4.39 Å². The highest BCUT2D eigenvalue weighted by Gasteiger charge is 2.32. The summed E-state index contributed by atoms with van der Waals surface area (Å²) in [6, 6.07) is 3.24. The van der Waals surface area contributed by atoms with Crippen molar-refractivity contribution in [2.24, 2.45) is 11.7 Å². The van der Waals surface area contributed by atoms with E-state index in [-0.39, 0.29) is 23.5 Å². The van der Waals surface area contributed by atoms with Crippen LogP contribution in [0.3, 0.4) is 0 Å². The first-order chi connectivity index (χ1) is 14.0. The second-order valence-electron chi connectivity index (χ2n) is 8.31. The SMILES string of the molecule is Cc1c(N2CCC([C@H](C)N)C2)c(F)cc2c(-c3nn[nH]n3)cc(=O)n(C3CC3)c12. The zero-order valence-corrected chi connectivity index (χ0v) is 16.5. The molecule has 1 aliphatic carbocycles. The van der Waals surface area contributed by atoms with Gasteiger partial charge in [-0.05, 0) is 55.9 Å². The van der Waals surface area contributed by atoms with Crippen LogP contribution in [-0.4, -0.2) is 44.3 Å². The van der Waals surface area contributed by atoms with Gasteiger partial charge in [0, 0.05) is 42.2 Å². The van der Waals surface area contributed by atoms with Crippen molar-refractivity contribution in [3.63, 3.8) is 0 Å². The molecule has 3 heterocycles. The van der Waals surface area contributed by atoms with E-state index in [0.29, 0.717) is 28.4 Å². The smallest absolute Gasteiger partial charge is 0.252 e. The number of anilines is 1. The molecule has 0 spiro atoms. The van der Waals surface area contributed by atoms with E-state index in [1.54, 1.807) is 0 Å². The number of nitrogens with one attached hydrogen (secondary N) is 1. The number of aromatic amines is 1. The average molecular weight is 397 g/mol. The summed E-state index contributed by atoms with van der Waals surface area (Å²) in [5, 5.41) is 14.7. The summed E-state index contributed by atoms with van der Waals surface area (Å²) < 4.78 is 17.2. The molecule has 29 heavy (non-hydrogen) atoms. The molecule has 152 valence electrons. The highest BCUT2D eigenvalue weighted by molar-refractivity contribution is 5.97. The van der Waals surface area contributed by atoms with Gasteiger partial charge in [-0.2, -0.15) is 5.21 Å². The van der Waals surface area contributed by atoms with E-state index >= 15 is 4.39 Å². The number of hydrogen-bond donors (Lipinski definition) is 2. The number of halogens is 1. The Hall–Kier alpha value is -2.81. The number of fused-ring (bicyclic) bond motifs is 1. The fourth-order valence-corrected chi connectivity index (χ4v) is 4.62. The van der Waals surface area contributed by atoms with Crippen molar-refractivity contribution in [2.45, 2.75) is 45.2 Å². The Labute approximate surface area is 166 Å². The zero-order valence-electron chi connectivity index (χ0n) is 16.5. The Morgan fingerprint density at radius 2 is 2.10 bits per heavy atom. The molecular weight excluding hydrogens is 373 g/mol. The van der Waals surface area contributed by atoms with Crippen molar-refractivity contribution in [3.05, 3.63) is 33.9 Å². The van der Waals surface area contributed by atoms with Crippen LogP contribution in [0, 0.1) is 18.7 Å². The predicted molar refractivity (Wildman–Crippen MR) is 108 cm³/mol. The molecular formula is C20H24FN7O. The van der Waals surface area contributed by atoms with Gasteiger partial charge in [0.1, 0.15) is 5.82 Å². The minimum absolute atomic E-state index is 0.0679. The van der Waals surface area contributed by atoms with E-state index in [0.717, 1.165) is 43.4 Å². The summed E-state index contributed by atoms with van der Waals surface area (Å²) in [5.41, 5.74) is 8.58. The van der Waals surface area contributed by atoms with Gasteiger partial charge < -0.3 is 15.2 Å². The molecule has 2 fully saturated rings. The monoisotopic (exact) mass is 397 g/mol. The van der Waals surface area contributed by atoms with E-state index in [1.165, 1.54) is 12.1 Å². The van der Waals surface area contributed by atoms with Gasteiger partial charge in [-0.1, -0.05) is 0 Å². The lowest BCUT2D eigenvalue weighted by molar-refractivity contribution is 0.487. The van der Waals surface area contributed by atoms with Crippen LogP contribution in [0.5, 0.6) is 0 Å². The number of rotatable bonds is 4. The molecule has 8 nitrogen and oxygen atoms in total. The summed E-state index contributed by atoms with van der Waals surface area (Å²) in [6.07, 6.45) is 2.85.